The van der Waals surface area contributed by atoms with E-state index in [1.165, 1.54) is 4.90 Å². The van der Waals surface area contributed by atoms with Gasteiger partial charge < -0.3 is 29.3 Å². The molecule has 240 valence electrons. The van der Waals surface area contributed by atoms with Crippen LogP contribution in [-0.4, -0.2) is 77.8 Å². The van der Waals surface area contributed by atoms with Gasteiger partial charge in [0.05, 0.1) is 30.7 Å². The molecule has 3 aliphatic rings. The Morgan fingerprint density at radius 1 is 1.09 bits per heavy atom. The number of β-amino-alcohol motifs (C(OH)–C–C–N with tert-alkyl or cyclic N) is 1. The molecule has 9 heteroatoms. The van der Waals surface area contributed by atoms with Gasteiger partial charge in [-0.15, -0.1) is 13.2 Å². The van der Waals surface area contributed by atoms with Gasteiger partial charge in [0.15, 0.2) is 0 Å². The topological polar surface area (TPSA) is 99.6 Å². The molecule has 0 aliphatic carbocycles. The number of nitrogens with zero attached hydrogens (tertiary/aromatic N) is 3. The Labute approximate surface area is 266 Å². The van der Waals surface area contributed by atoms with Crippen molar-refractivity contribution in [2.24, 2.45) is 17.8 Å². The first-order valence-corrected chi connectivity index (χ1v) is 15.7. The number of rotatable bonds is 12. The average molecular weight is 616 g/mol. The third-order valence-corrected chi connectivity index (χ3v) is 9.93. The van der Waals surface area contributed by atoms with Crippen molar-refractivity contribution in [3.8, 4) is 5.75 Å². The summed E-state index contributed by atoms with van der Waals surface area (Å²) in [6.07, 6.45) is 3.75. The van der Waals surface area contributed by atoms with Gasteiger partial charge in [-0.25, -0.2) is 0 Å². The maximum Gasteiger partial charge on any atom is 0.253 e. The number of hydrogen-bond acceptors (Lipinski definition) is 6. The average Bonchev–Trinajstić information content (AvgIpc) is 3.52. The van der Waals surface area contributed by atoms with Crippen LogP contribution in [0.15, 0.2) is 67.8 Å². The van der Waals surface area contributed by atoms with Gasteiger partial charge in [-0.2, -0.15) is 0 Å². The molecule has 3 unspecified atom stereocenters. The van der Waals surface area contributed by atoms with Gasteiger partial charge in [0.2, 0.25) is 11.8 Å². The molecule has 3 saturated heterocycles. The van der Waals surface area contributed by atoms with Crippen LogP contribution in [0.5, 0.6) is 5.75 Å². The zero-order valence-electron chi connectivity index (χ0n) is 27.0. The smallest absolute Gasteiger partial charge is 0.253 e. The van der Waals surface area contributed by atoms with Gasteiger partial charge in [-0.1, -0.05) is 31.2 Å². The van der Waals surface area contributed by atoms with Crippen LogP contribution in [0.4, 0.5) is 11.4 Å². The van der Waals surface area contributed by atoms with Gasteiger partial charge >= 0.3 is 0 Å². The zero-order chi connectivity index (χ0) is 32.7. The minimum atomic E-state index is -1.24. The fraction of sp³-hybridized carbons (Fsp3) is 0.472. The van der Waals surface area contributed by atoms with Crippen molar-refractivity contribution >= 4 is 29.1 Å². The van der Waals surface area contributed by atoms with Gasteiger partial charge in [0.1, 0.15) is 17.4 Å². The molecular formula is C36H45N3O6. The van der Waals surface area contributed by atoms with Crippen molar-refractivity contribution in [1.82, 2.24) is 4.90 Å². The highest BCUT2D eigenvalue weighted by Gasteiger charge is 2.80. The molecule has 3 aliphatic heterocycles. The zero-order valence-corrected chi connectivity index (χ0v) is 27.0. The van der Waals surface area contributed by atoms with Crippen LogP contribution in [0.2, 0.25) is 0 Å². The number of anilines is 2. The van der Waals surface area contributed by atoms with Crippen LogP contribution in [-0.2, 0) is 19.1 Å². The minimum absolute atomic E-state index is 0.0488. The van der Waals surface area contributed by atoms with Crippen molar-refractivity contribution in [3.05, 3.63) is 78.9 Å². The molecule has 3 amide bonds. The molecule has 2 bridgehead atoms. The van der Waals surface area contributed by atoms with E-state index in [0.717, 1.165) is 16.8 Å². The fourth-order valence-corrected chi connectivity index (χ4v) is 7.84. The van der Waals surface area contributed by atoms with Crippen LogP contribution in [0.25, 0.3) is 0 Å². The monoisotopic (exact) mass is 615 g/mol. The van der Waals surface area contributed by atoms with E-state index >= 15 is 0 Å². The van der Waals surface area contributed by atoms with Crippen LogP contribution >= 0.6 is 0 Å². The lowest BCUT2D eigenvalue weighted by Crippen LogP contribution is -2.57. The van der Waals surface area contributed by atoms with E-state index < -0.39 is 29.1 Å². The molecule has 2 aromatic rings. The first kappa shape index (κ1) is 32.4. The van der Waals surface area contributed by atoms with E-state index in [-0.39, 0.29) is 49.9 Å². The molecule has 1 spiro atoms. The SMILES string of the molecule is C=CCN(C(=O)[C@@H]1[C@H]2C(=O)N(CCO)C(C(=O)N(CC=C)c3cc(C)ccc3C)C23CC(C)[C@@]1(C)O3)c1ccc(OCC)cc1. The highest BCUT2D eigenvalue weighted by molar-refractivity contribution is 6.07. The molecule has 3 heterocycles. The molecule has 9 nitrogen and oxygen atoms in total. The number of carbonyl (C=O) groups excluding carboxylic acids is 3. The molecule has 45 heavy (non-hydrogen) atoms. The van der Waals surface area contributed by atoms with Crippen molar-refractivity contribution in [2.75, 3.05) is 42.6 Å². The summed E-state index contributed by atoms with van der Waals surface area (Å²) in [5, 5.41) is 10.1. The summed E-state index contributed by atoms with van der Waals surface area (Å²) < 4.78 is 12.5. The fourth-order valence-electron chi connectivity index (χ4n) is 7.84. The summed E-state index contributed by atoms with van der Waals surface area (Å²) >= 11 is 0. The summed E-state index contributed by atoms with van der Waals surface area (Å²) in [5.74, 6) is -2.11. The maximum atomic E-state index is 14.8. The molecular weight excluding hydrogens is 570 g/mol. The maximum absolute atomic E-state index is 14.8. The highest BCUT2D eigenvalue weighted by Crippen LogP contribution is 2.65. The second-order valence-corrected chi connectivity index (χ2v) is 12.7. The third-order valence-electron chi connectivity index (χ3n) is 9.93. The third kappa shape index (κ3) is 5.16. The van der Waals surface area contributed by atoms with Gasteiger partial charge in [0.25, 0.3) is 5.91 Å². The Balaban J connectivity index is 1.60. The number of aliphatic hydroxyl groups is 1. The van der Waals surface area contributed by atoms with Crippen molar-refractivity contribution in [3.63, 3.8) is 0 Å². The molecule has 6 atom stereocenters. The number of aryl methyl sites for hydroxylation is 2. The number of carbonyl (C=O) groups is 3. The van der Waals surface area contributed by atoms with Crippen molar-refractivity contribution in [2.45, 2.75) is 58.3 Å². The summed E-state index contributed by atoms with van der Waals surface area (Å²) in [4.78, 5) is 48.7. The summed E-state index contributed by atoms with van der Waals surface area (Å²) in [6, 6.07) is 12.1. The van der Waals surface area contributed by atoms with E-state index in [1.807, 2.05) is 77.1 Å². The predicted octanol–water partition coefficient (Wildman–Crippen LogP) is 4.44. The number of aliphatic hydroxyl groups excluding tert-OH is 1. The van der Waals surface area contributed by atoms with Crippen LogP contribution in [0.3, 0.4) is 0 Å². The summed E-state index contributed by atoms with van der Waals surface area (Å²) in [6.45, 7) is 18.1. The van der Waals surface area contributed by atoms with Gasteiger partial charge in [0, 0.05) is 31.0 Å². The van der Waals surface area contributed by atoms with E-state index in [2.05, 4.69) is 13.2 Å². The predicted molar refractivity (Wildman–Crippen MR) is 174 cm³/mol. The lowest BCUT2D eigenvalue weighted by Gasteiger charge is -2.39. The van der Waals surface area contributed by atoms with Crippen LogP contribution in [0.1, 0.15) is 38.3 Å². The molecule has 0 saturated carbocycles. The first-order valence-electron chi connectivity index (χ1n) is 15.7. The molecule has 5 rings (SSSR count). The van der Waals surface area contributed by atoms with Crippen LogP contribution in [0, 0.1) is 31.6 Å². The quantitative estimate of drug-likeness (QED) is 0.355. The normalized spacial score (nSPS) is 28.1. The van der Waals surface area contributed by atoms with Gasteiger partial charge in [-0.3, -0.25) is 14.4 Å². The highest BCUT2D eigenvalue weighted by atomic mass is 16.5. The van der Waals surface area contributed by atoms with Gasteiger partial charge in [-0.05, 0) is 81.5 Å². The number of likely N-dealkylation sites (tertiary alicyclic amines) is 1. The number of amides is 3. The number of benzene rings is 2. The van der Waals surface area contributed by atoms with E-state index in [1.54, 1.807) is 22.0 Å². The minimum Gasteiger partial charge on any atom is -0.494 e. The lowest BCUT2D eigenvalue weighted by atomic mass is 9.62. The number of hydrogen-bond donors (Lipinski definition) is 1. The second-order valence-electron chi connectivity index (χ2n) is 12.7. The van der Waals surface area contributed by atoms with Crippen LogP contribution < -0.4 is 14.5 Å². The first-order chi connectivity index (χ1) is 21.5. The van der Waals surface area contributed by atoms with Crippen molar-refractivity contribution < 1.29 is 29.0 Å². The Hall–Kier alpha value is -3.95. The molecule has 0 radical (unpaired) electrons. The van der Waals surface area contributed by atoms with E-state index in [4.69, 9.17) is 9.47 Å². The molecule has 2 aromatic carbocycles. The standard InChI is InChI=1S/C36H45N3O6/c1-8-17-37(26-13-15-27(16-14-26)44-10-3)32(41)29-30-33(42)39(19-20-40)31(36(30)22-25(6)35(29,7)45-36)34(43)38(18-9-2)28-21-23(4)11-12-24(28)5/h8-9,11-16,21,25,29-31,40H,1-2,10,17-20,22H2,3-7H3/t25?,29-,30-,31?,35+,36?/m0/s1. The lowest BCUT2D eigenvalue weighted by molar-refractivity contribution is -0.146. The Bertz CT molecular complexity index is 1490. The van der Waals surface area contributed by atoms with Crippen molar-refractivity contribution in [1.29, 1.82) is 0 Å². The Morgan fingerprint density at radius 2 is 1.76 bits per heavy atom. The van der Waals surface area contributed by atoms with E-state index in [9.17, 15) is 19.5 Å². The number of fused-ring (bicyclic) bond motifs is 1. The molecule has 3 fully saturated rings. The Kier molecular flexibility index (Phi) is 8.97. The molecule has 1 N–H and O–H groups in total. The summed E-state index contributed by atoms with van der Waals surface area (Å²) in [7, 11) is 0. The Morgan fingerprint density at radius 3 is 2.38 bits per heavy atom. The largest absolute Gasteiger partial charge is 0.494 e. The molecule has 0 aromatic heterocycles. The summed E-state index contributed by atoms with van der Waals surface area (Å²) in [5.41, 5.74) is 1.03. The van der Waals surface area contributed by atoms with E-state index in [0.29, 0.717) is 24.5 Å². The second kappa shape index (κ2) is 12.4. The number of ether oxygens (including phenoxy) is 2.